The highest BCUT2D eigenvalue weighted by molar-refractivity contribution is 6.39. The number of amides is 1. The number of hydrogen-bond donors (Lipinski definition) is 2. The van der Waals surface area contributed by atoms with E-state index in [-0.39, 0.29) is 45.7 Å². The maximum Gasteiger partial charge on any atom is 0.309 e. The van der Waals surface area contributed by atoms with Crippen LogP contribution in [0.4, 0.5) is 0 Å². The summed E-state index contributed by atoms with van der Waals surface area (Å²) in [6.45, 7) is 9.36. The number of Topliss-reactive ketones (excluding diaryl/α,β-unsaturated/α-hetero) is 1. The maximum absolute atomic E-state index is 13.6. The number of ketones is 1. The molecule has 1 aromatic rings. The SMILES string of the molecule is CC(=NC1CCC(C)(C(=O)O)CC1)C(=CN)C(=O)N(CC(=O)c1c(Cl)cncc1Cl)CC(C)(C)C. The lowest BCUT2D eigenvalue weighted by Gasteiger charge is -2.33. The number of halogens is 2. The first-order valence-corrected chi connectivity index (χ1v) is 12.3. The van der Waals surface area contributed by atoms with Crippen LogP contribution in [0, 0.1) is 10.8 Å². The largest absolute Gasteiger partial charge is 0.481 e. The number of carboxylic acid groups (broad SMARTS) is 1. The molecule has 0 saturated heterocycles. The van der Waals surface area contributed by atoms with Crippen LogP contribution in [-0.2, 0) is 9.59 Å². The topological polar surface area (TPSA) is 126 Å². The molecule has 0 aliphatic heterocycles. The van der Waals surface area contributed by atoms with Crippen LogP contribution in [0.2, 0.25) is 10.0 Å². The van der Waals surface area contributed by atoms with Crippen molar-refractivity contribution in [3.63, 3.8) is 0 Å². The van der Waals surface area contributed by atoms with E-state index in [2.05, 4.69) is 4.98 Å². The highest BCUT2D eigenvalue weighted by atomic mass is 35.5. The van der Waals surface area contributed by atoms with Gasteiger partial charge in [0, 0.05) is 30.9 Å². The number of carbonyl (C=O) groups excluding carboxylic acids is 2. The lowest BCUT2D eigenvalue weighted by Crippen LogP contribution is -2.43. The Hall–Kier alpha value is -2.45. The standard InChI is InChI=1S/C25H34Cl2N4O4/c1-15(30-16-6-8-25(5,9-7-16)23(34)35)17(10-28)22(33)31(14-24(2,3)4)13-20(32)21-18(26)11-29-12-19(21)27/h10-12,16H,6-9,13-14,28H2,1-5H3,(H,34,35). The summed E-state index contributed by atoms with van der Waals surface area (Å²) in [6.07, 6.45) is 6.11. The maximum atomic E-state index is 13.6. The Bertz CT molecular complexity index is 1020. The molecule has 192 valence electrons. The molecule has 0 atom stereocenters. The van der Waals surface area contributed by atoms with Gasteiger partial charge in [-0.3, -0.25) is 24.4 Å². The first-order valence-electron chi connectivity index (χ1n) is 11.5. The van der Waals surface area contributed by atoms with E-state index in [4.69, 9.17) is 33.9 Å². The van der Waals surface area contributed by atoms with Gasteiger partial charge in [0.25, 0.3) is 5.91 Å². The first kappa shape index (κ1) is 28.8. The summed E-state index contributed by atoms with van der Waals surface area (Å²) in [4.78, 5) is 48.1. The van der Waals surface area contributed by atoms with Crippen molar-refractivity contribution in [1.29, 1.82) is 0 Å². The van der Waals surface area contributed by atoms with Crippen LogP contribution in [0.5, 0.6) is 0 Å². The monoisotopic (exact) mass is 524 g/mol. The molecule has 1 aromatic heterocycles. The Morgan fingerprint density at radius 2 is 1.77 bits per heavy atom. The van der Waals surface area contributed by atoms with Crippen LogP contribution in [-0.4, -0.2) is 57.5 Å². The van der Waals surface area contributed by atoms with Gasteiger partial charge in [-0.25, -0.2) is 0 Å². The van der Waals surface area contributed by atoms with Crippen LogP contribution in [0.3, 0.4) is 0 Å². The fourth-order valence-corrected chi connectivity index (χ4v) is 4.72. The molecule has 1 saturated carbocycles. The van der Waals surface area contributed by atoms with Gasteiger partial charge in [0.2, 0.25) is 0 Å². The summed E-state index contributed by atoms with van der Waals surface area (Å²) < 4.78 is 0. The second-order valence-corrected chi connectivity index (χ2v) is 11.3. The van der Waals surface area contributed by atoms with Crippen molar-refractivity contribution in [2.24, 2.45) is 21.6 Å². The van der Waals surface area contributed by atoms with Crippen molar-refractivity contribution in [2.45, 2.75) is 66.3 Å². The quantitative estimate of drug-likeness (QED) is 0.286. The van der Waals surface area contributed by atoms with Gasteiger partial charge < -0.3 is 15.7 Å². The molecule has 1 heterocycles. The second kappa shape index (κ2) is 11.5. The first-order chi connectivity index (χ1) is 16.2. The van der Waals surface area contributed by atoms with Crippen LogP contribution in [0.15, 0.2) is 29.2 Å². The second-order valence-electron chi connectivity index (χ2n) is 10.5. The third kappa shape index (κ3) is 7.51. The van der Waals surface area contributed by atoms with Crippen molar-refractivity contribution in [3.8, 4) is 0 Å². The van der Waals surface area contributed by atoms with Crippen LogP contribution in [0.1, 0.15) is 70.7 Å². The van der Waals surface area contributed by atoms with E-state index in [1.165, 1.54) is 23.5 Å². The lowest BCUT2D eigenvalue weighted by molar-refractivity contribution is -0.149. The fourth-order valence-electron chi connectivity index (χ4n) is 4.15. The molecular weight excluding hydrogens is 491 g/mol. The molecule has 3 N–H and O–H groups in total. The molecule has 8 nitrogen and oxygen atoms in total. The molecule has 0 spiro atoms. The minimum absolute atomic E-state index is 0.0997. The van der Waals surface area contributed by atoms with Gasteiger partial charge in [0.15, 0.2) is 5.78 Å². The smallest absolute Gasteiger partial charge is 0.309 e. The predicted molar refractivity (Wildman–Crippen MR) is 138 cm³/mol. The molecule has 35 heavy (non-hydrogen) atoms. The predicted octanol–water partition coefficient (Wildman–Crippen LogP) is 4.78. The molecule has 0 radical (unpaired) electrons. The van der Waals surface area contributed by atoms with Crippen molar-refractivity contribution < 1.29 is 19.5 Å². The molecule has 1 fully saturated rings. The van der Waals surface area contributed by atoms with E-state index in [0.717, 1.165) is 0 Å². The number of pyridine rings is 1. The minimum Gasteiger partial charge on any atom is -0.481 e. The molecule has 1 amide bonds. The van der Waals surface area contributed by atoms with Gasteiger partial charge in [0.1, 0.15) is 0 Å². The molecule has 10 heteroatoms. The third-order valence-corrected chi connectivity index (χ3v) is 6.73. The molecule has 1 aliphatic carbocycles. The van der Waals surface area contributed by atoms with Gasteiger partial charge in [-0.15, -0.1) is 0 Å². The van der Waals surface area contributed by atoms with Crippen molar-refractivity contribution in [1.82, 2.24) is 9.88 Å². The van der Waals surface area contributed by atoms with E-state index in [1.807, 2.05) is 20.8 Å². The summed E-state index contributed by atoms with van der Waals surface area (Å²) in [5, 5.41) is 9.68. The normalized spacial score (nSPS) is 21.5. The van der Waals surface area contributed by atoms with Gasteiger partial charge in [-0.1, -0.05) is 44.0 Å². The Balaban J connectivity index is 2.26. The number of hydrogen-bond acceptors (Lipinski definition) is 6. The molecule has 0 unspecified atom stereocenters. The van der Waals surface area contributed by atoms with Crippen LogP contribution < -0.4 is 5.73 Å². The van der Waals surface area contributed by atoms with Gasteiger partial charge in [0.05, 0.1) is 39.2 Å². The number of nitrogens with two attached hydrogens (primary N) is 1. The number of carboxylic acids is 1. The van der Waals surface area contributed by atoms with Crippen LogP contribution >= 0.6 is 23.2 Å². The van der Waals surface area contributed by atoms with E-state index >= 15 is 0 Å². The summed E-state index contributed by atoms with van der Waals surface area (Å²) >= 11 is 12.3. The average Bonchev–Trinajstić information content (AvgIpc) is 2.74. The number of aromatic nitrogens is 1. The average molecular weight is 525 g/mol. The fraction of sp³-hybridized carbons (Fsp3) is 0.560. The summed E-state index contributed by atoms with van der Waals surface area (Å²) in [6, 6.07) is -0.0997. The zero-order valence-corrected chi connectivity index (χ0v) is 22.4. The summed E-state index contributed by atoms with van der Waals surface area (Å²) in [5.74, 6) is -1.64. The Labute approximate surface area is 216 Å². The highest BCUT2D eigenvalue weighted by Gasteiger charge is 2.37. The van der Waals surface area contributed by atoms with Crippen molar-refractivity contribution in [2.75, 3.05) is 13.1 Å². The zero-order valence-electron chi connectivity index (χ0n) is 20.9. The minimum atomic E-state index is -0.800. The Morgan fingerprint density at radius 1 is 1.23 bits per heavy atom. The number of rotatable bonds is 8. The number of nitrogens with zero attached hydrogens (tertiary/aromatic N) is 3. The molecule has 0 bridgehead atoms. The van der Waals surface area contributed by atoms with Crippen molar-refractivity contribution >= 4 is 46.6 Å². The van der Waals surface area contributed by atoms with Crippen molar-refractivity contribution in [3.05, 3.63) is 39.8 Å². The van der Waals surface area contributed by atoms with E-state index in [1.54, 1.807) is 13.8 Å². The molecule has 2 rings (SSSR count). The Morgan fingerprint density at radius 3 is 2.23 bits per heavy atom. The summed E-state index contributed by atoms with van der Waals surface area (Å²) in [5.41, 5.74) is 5.55. The zero-order chi connectivity index (χ0) is 26.6. The lowest BCUT2D eigenvalue weighted by atomic mass is 9.74. The van der Waals surface area contributed by atoms with E-state index in [9.17, 15) is 19.5 Å². The van der Waals surface area contributed by atoms with E-state index in [0.29, 0.717) is 31.4 Å². The number of aliphatic carboxylic acids is 1. The Kier molecular flexibility index (Phi) is 9.48. The van der Waals surface area contributed by atoms with Gasteiger partial charge >= 0.3 is 5.97 Å². The summed E-state index contributed by atoms with van der Waals surface area (Å²) in [7, 11) is 0. The number of carbonyl (C=O) groups is 3. The number of aliphatic imine (C=N–C) groups is 1. The molecule has 1 aliphatic rings. The van der Waals surface area contributed by atoms with Gasteiger partial charge in [-0.05, 0) is 44.9 Å². The van der Waals surface area contributed by atoms with E-state index < -0.39 is 23.1 Å². The molecule has 0 aromatic carbocycles. The van der Waals surface area contributed by atoms with Gasteiger partial charge in [-0.2, -0.15) is 0 Å². The van der Waals surface area contributed by atoms with Crippen LogP contribution in [0.25, 0.3) is 0 Å². The third-order valence-electron chi connectivity index (χ3n) is 6.16. The highest BCUT2D eigenvalue weighted by Crippen LogP contribution is 2.37. The molecular formula is C25H34Cl2N4O4.